The van der Waals surface area contributed by atoms with E-state index in [2.05, 4.69) is 34.6 Å². The fourth-order valence-electron chi connectivity index (χ4n) is 1.90. The maximum Gasteiger partial charge on any atom is -0.0352 e. The van der Waals surface area contributed by atoms with Crippen LogP contribution in [0.4, 0.5) is 0 Å². The Balaban J connectivity index is 3.56. The summed E-state index contributed by atoms with van der Waals surface area (Å²) in [4.78, 5) is 0. The Hall–Kier alpha value is 0. The normalized spacial score (nSPS) is 12.5. The van der Waals surface area contributed by atoms with Crippen LogP contribution in [0.15, 0.2) is 0 Å². The molecule has 0 saturated carbocycles. The SMILES string of the molecule is [CH2]C(C)CC(C)(C)CCCCC. The largest absolute Gasteiger partial charge is 0.0654 e. The fraction of sp³-hybridized carbons (Fsp3) is 0.917. The van der Waals surface area contributed by atoms with E-state index in [1.165, 1.54) is 32.1 Å². The van der Waals surface area contributed by atoms with E-state index < -0.39 is 0 Å². The Morgan fingerprint density at radius 3 is 2.25 bits per heavy atom. The molecule has 1 atom stereocenters. The summed E-state index contributed by atoms with van der Waals surface area (Å²) in [6.45, 7) is 13.3. The Labute approximate surface area is 78.8 Å². The van der Waals surface area contributed by atoms with Crippen molar-refractivity contribution in [1.29, 1.82) is 0 Å². The van der Waals surface area contributed by atoms with Gasteiger partial charge in [0.05, 0.1) is 0 Å². The molecular weight excluding hydrogens is 144 g/mol. The van der Waals surface area contributed by atoms with Crippen LogP contribution in [0.25, 0.3) is 0 Å². The minimum atomic E-state index is 0.510. The first-order chi connectivity index (χ1) is 5.48. The third-order valence-corrected chi connectivity index (χ3v) is 2.36. The maximum atomic E-state index is 4.05. The summed E-state index contributed by atoms with van der Waals surface area (Å²) in [5.74, 6) is 0.599. The number of rotatable bonds is 6. The van der Waals surface area contributed by atoms with Gasteiger partial charge in [-0.2, -0.15) is 0 Å². The minimum absolute atomic E-state index is 0.510. The first-order valence-electron chi connectivity index (χ1n) is 5.31. The Morgan fingerprint density at radius 2 is 1.83 bits per heavy atom. The molecule has 0 aliphatic carbocycles. The van der Waals surface area contributed by atoms with E-state index >= 15 is 0 Å². The monoisotopic (exact) mass is 169 g/mol. The van der Waals surface area contributed by atoms with Crippen LogP contribution in [0, 0.1) is 18.3 Å². The lowest BCUT2D eigenvalue weighted by Crippen LogP contribution is -2.14. The molecule has 0 bridgehead atoms. The molecule has 0 heterocycles. The first kappa shape index (κ1) is 12.0. The summed E-state index contributed by atoms with van der Waals surface area (Å²) in [6.07, 6.45) is 6.72. The van der Waals surface area contributed by atoms with E-state index in [1.54, 1.807) is 0 Å². The van der Waals surface area contributed by atoms with Gasteiger partial charge < -0.3 is 0 Å². The molecule has 12 heavy (non-hydrogen) atoms. The molecule has 0 rings (SSSR count). The second-order valence-corrected chi connectivity index (χ2v) is 4.93. The van der Waals surface area contributed by atoms with Gasteiger partial charge in [0.25, 0.3) is 0 Å². The number of unbranched alkanes of at least 4 members (excludes halogenated alkanes) is 2. The molecule has 0 aliphatic heterocycles. The van der Waals surface area contributed by atoms with E-state index in [0.29, 0.717) is 11.3 Å². The standard InChI is InChI=1S/C12H25/c1-6-7-8-9-12(4,5)10-11(2)3/h11H,2,6-10H2,1,3-5H3. The molecule has 0 spiro atoms. The summed E-state index contributed by atoms with van der Waals surface area (Å²) in [5, 5.41) is 0. The molecule has 0 fully saturated rings. The molecular formula is C12H25. The average molecular weight is 169 g/mol. The van der Waals surface area contributed by atoms with Crippen LogP contribution in [0.1, 0.15) is 59.8 Å². The highest BCUT2D eigenvalue weighted by Gasteiger charge is 2.18. The summed E-state index contributed by atoms with van der Waals surface area (Å²) in [7, 11) is 0. The van der Waals surface area contributed by atoms with Gasteiger partial charge in [0, 0.05) is 0 Å². The van der Waals surface area contributed by atoms with Crippen LogP contribution in [0.3, 0.4) is 0 Å². The summed E-state index contributed by atoms with van der Waals surface area (Å²) in [5.41, 5.74) is 0.510. The molecule has 0 aromatic rings. The topological polar surface area (TPSA) is 0 Å². The molecule has 0 nitrogen and oxygen atoms in total. The lowest BCUT2D eigenvalue weighted by molar-refractivity contribution is 0.267. The Bertz CT molecular complexity index is 101. The summed E-state index contributed by atoms with van der Waals surface area (Å²) in [6, 6.07) is 0. The van der Waals surface area contributed by atoms with Gasteiger partial charge >= 0.3 is 0 Å². The zero-order chi connectivity index (χ0) is 9.61. The van der Waals surface area contributed by atoms with Gasteiger partial charge in [-0.3, -0.25) is 0 Å². The number of hydrogen-bond acceptors (Lipinski definition) is 0. The Morgan fingerprint density at radius 1 is 1.25 bits per heavy atom. The first-order valence-corrected chi connectivity index (χ1v) is 5.31. The van der Waals surface area contributed by atoms with Gasteiger partial charge in [-0.25, -0.2) is 0 Å². The smallest absolute Gasteiger partial charge is 0.0352 e. The predicted octanol–water partition coefficient (Wildman–Crippen LogP) is 4.45. The zero-order valence-corrected chi connectivity index (χ0v) is 9.32. The third kappa shape index (κ3) is 6.69. The van der Waals surface area contributed by atoms with Crippen molar-refractivity contribution >= 4 is 0 Å². The minimum Gasteiger partial charge on any atom is -0.0654 e. The van der Waals surface area contributed by atoms with Gasteiger partial charge in [0.2, 0.25) is 0 Å². The van der Waals surface area contributed by atoms with E-state index in [9.17, 15) is 0 Å². The van der Waals surface area contributed by atoms with Crippen molar-refractivity contribution < 1.29 is 0 Å². The van der Waals surface area contributed by atoms with Crippen molar-refractivity contribution in [3.05, 3.63) is 6.92 Å². The van der Waals surface area contributed by atoms with E-state index in [4.69, 9.17) is 0 Å². The van der Waals surface area contributed by atoms with Gasteiger partial charge in [-0.1, -0.05) is 53.9 Å². The fourth-order valence-corrected chi connectivity index (χ4v) is 1.90. The van der Waals surface area contributed by atoms with Crippen molar-refractivity contribution in [2.75, 3.05) is 0 Å². The second-order valence-electron chi connectivity index (χ2n) is 4.93. The molecule has 0 aliphatic rings. The van der Waals surface area contributed by atoms with E-state index in [-0.39, 0.29) is 0 Å². The molecule has 1 unspecified atom stereocenters. The Kier molecular flexibility index (Phi) is 5.61. The lowest BCUT2D eigenvalue weighted by atomic mass is 9.80. The highest BCUT2D eigenvalue weighted by atomic mass is 14.2. The van der Waals surface area contributed by atoms with Gasteiger partial charge in [0.15, 0.2) is 0 Å². The number of hydrogen-bond donors (Lipinski definition) is 0. The van der Waals surface area contributed by atoms with Crippen molar-refractivity contribution in [2.24, 2.45) is 11.3 Å². The molecule has 0 aromatic heterocycles. The predicted molar refractivity (Wildman–Crippen MR) is 57.1 cm³/mol. The quantitative estimate of drug-likeness (QED) is 0.515. The van der Waals surface area contributed by atoms with Crippen LogP contribution in [0.5, 0.6) is 0 Å². The van der Waals surface area contributed by atoms with Crippen molar-refractivity contribution in [2.45, 2.75) is 59.8 Å². The van der Waals surface area contributed by atoms with Gasteiger partial charge in [0.1, 0.15) is 0 Å². The molecule has 73 valence electrons. The molecule has 0 N–H and O–H groups in total. The summed E-state index contributed by atoms with van der Waals surface area (Å²) >= 11 is 0. The highest BCUT2D eigenvalue weighted by Crippen LogP contribution is 2.30. The molecule has 0 aromatic carbocycles. The molecule has 1 radical (unpaired) electrons. The lowest BCUT2D eigenvalue weighted by Gasteiger charge is -2.26. The molecule has 0 heteroatoms. The van der Waals surface area contributed by atoms with Crippen molar-refractivity contribution in [3.8, 4) is 0 Å². The molecule has 0 saturated heterocycles. The summed E-state index contributed by atoms with van der Waals surface area (Å²) < 4.78 is 0. The highest BCUT2D eigenvalue weighted by molar-refractivity contribution is 4.72. The molecule has 0 amide bonds. The van der Waals surface area contributed by atoms with E-state index in [0.717, 1.165) is 0 Å². The maximum absolute atomic E-state index is 4.05. The van der Waals surface area contributed by atoms with Crippen LogP contribution < -0.4 is 0 Å². The van der Waals surface area contributed by atoms with Gasteiger partial charge in [-0.05, 0) is 24.2 Å². The average Bonchev–Trinajstić information content (AvgIpc) is 1.84. The zero-order valence-electron chi connectivity index (χ0n) is 9.32. The van der Waals surface area contributed by atoms with Crippen LogP contribution in [-0.2, 0) is 0 Å². The van der Waals surface area contributed by atoms with Crippen LogP contribution in [0.2, 0.25) is 0 Å². The van der Waals surface area contributed by atoms with Gasteiger partial charge in [-0.15, -0.1) is 0 Å². The van der Waals surface area contributed by atoms with Crippen LogP contribution >= 0.6 is 0 Å². The third-order valence-electron chi connectivity index (χ3n) is 2.36. The second kappa shape index (κ2) is 5.61. The van der Waals surface area contributed by atoms with Crippen molar-refractivity contribution in [3.63, 3.8) is 0 Å². The van der Waals surface area contributed by atoms with Crippen LogP contribution in [-0.4, -0.2) is 0 Å². The van der Waals surface area contributed by atoms with Crippen molar-refractivity contribution in [1.82, 2.24) is 0 Å². The van der Waals surface area contributed by atoms with E-state index in [1.807, 2.05) is 0 Å².